The highest BCUT2D eigenvalue weighted by atomic mass is 32.2. The minimum atomic E-state index is 0.172. The maximum absolute atomic E-state index is 11.1. The van der Waals surface area contributed by atoms with Crippen molar-refractivity contribution in [2.45, 2.75) is 25.7 Å². The summed E-state index contributed by atoms with van der Waals surface area (Å²) in [6, 6.07) is 0. The Labute approximate surface area is 84.8 Å². The van der Waals surface area contributed by atoms with Gasteiger partial charge < -0.3 is 11.1 Å². The van der Waals surface area contributed by atoms with Crippen molar-refractivity contribution in [3.8, 4) is 0 Å². The van der Waals surface area contributed by atoms with Crippen molar-refractivity contribution in [3.05, 3.63) is 0 Å². The fraction of sp³-hybridized carbons (Fsp3) is 0.889. The molecule has 1 amide bonds. The maximum Gasteiger partial charge on any atom is 0.220 e. The van der Waals surface area contributed by atoms with E-state index in [9.17, 15) is 4.79 Å². The summed E-state index contributed by atoms with van der Waals surface area (Å²) in [6.45, 7) is 1.48. The topological polar surface area (TPSA) is 55.1 Å². The fourth-order valence-corrected chi connectivity index (χ4v) is 1.40. The molecule has 0 saturated carbocycles. The Balaban J connectivity index is 3.11. The first kappa shape index (κ1) is 12.8. The summed E-state index contributed by atoms with van der Waals surface area (Å²) in [6.07, 6.45) is 5.67. The lowest BCUT2D eigenvalue weighted by Crippen LogP contribution is -2.24. The monoisotopic (exact) mass is 204 g/mol. The second-order valence-corrected chi connectivity index (χ2v) is 3.93. The largest absolute Gasteiger partial charge is 0.356 e. The molecule has 0 aliphatic heterocycles. The molecule has 0 heterocycles. The Morgan fingerprint density at radius 2 is 2.15 bits per heavy atom. The van der Waals surface area contributed by atoms with Gasteiger partial charge in [0.15, 0.2) is 0 Å². The predicted octanol–water partition coefficient (Wildman–Crippen LogP) is 0.985. The molecule has 0 spiro atoms. The highest BCUT2D eigenvalue weighted by Gasteiger charge is 1.98. The predicted molar refractivity (Wildman–Crippen MR) is 58.9 cm³/mol. The zero-order valence-corrected chi connectivity index (χ0v) is 9.16. The summed E-state index contributed by atoms with van der Waals surface area (Å²) >= 11 is 1.78. The van der Waals surface area contributed by atoms with Crippen molar-refractivity contribution in [1.82, 2.24) is 5.32 Å². The van der Waals surface area contributed by atoms with Gasteiger partial charge in [0.2, 0.25) is 5.91 Å². The van der Waals surface area contributed by atoms with Gasteiger partial charge in [-0.25, -0.2) is 0 Å². The average molecular weight is 204 g/mol. The van der Waals surface area contributed by atoms with Crippen molar-refractivity contribution < 1.29 is 4.79 Å². The van der Waals surface area contributed by atoms with Crippen LogP contribution in [0.15, 0.2) is 0 Å². The molecule has 0 saturated heterocycles. The number of unbranched alkanes of at least 4 members (excludes halogenated alkanes) is 1. The Kier molecular flexibility index (Phi) is 9.70. The van der Waals surface area contributed by atoms with Crippen molar-refractivity contribution >= 4 is 17.7 Å². The zero-order valence-electron chi connectivity index (χ0n) is 8.34. The van der Waals surface area contributed by atoms with Crippen LogP contribution in [0.4, 0.5) is 0 Å². The molecule has 0 aromatic heterocycles. The number of nitrogens with one attached hydrogen (secondary N) is 1. The van der Waals surface area contributed by atoms with Gasteiger partial charge in [-0.15, -0.1) is 0 Å². The van der Waals surface area contributed by atoms with Crippen LogP contribution in [0.25, 0.3) is 0 Å². The minimum Gasteiger partial charge on any atom is -0.356 e. The molecule has 0 atom stereocenters. The van der Waals surface area contributed by atoms with Gasteiger partial charge in [-0.3, -0.25) is 4.79 Å². The lowest BCUT2D eigenvalue weighted by atomic mass is 10.3. The van der Waals surface area contributed by atoms with Gasteiger partial charge in [0, 0.05) is 13.0 Å². The van der Waals surface area contributed by atoms with Crippen LogP contribution in [0, 0.1) is 0 Å². The van der Waals surface area contributed by atoms with Crippen LogP contribution in [-0.2, 0) is 4.79 Å². The van der Waals surface area contributed by atoms with E-state index in [0.717, 1.165) is 31.6 Å². The molecule has 0 unspecified atom stereocenters. The van der Waals surface area contributed by atoms with E-state index in [2.05, 4.69) is 11.6 Å². The first-order valence-corrected chi connectivity index (χ1v) is 6.16. The van der Waals surface area contributed by atoms with Crippen molar-refractivity contribution in [2.75, 3.05) is 25.1 Å². The number of amides is 1. The highest BCUT2D eigenvalue weighted by molar-refractivity contribution is 7.98. The first-order valence-electron chi connectivity index (χ1n) is 4.77. The molecule has 0 radical (unpaired) electrons. The molecule has 0 bridgehead atoms. The molecule has 0 fully saturated rings. The van der Waals surface area contributed by atoms with E-state index in [0.29, 0.717) is 13.0 Å². The zero-order chi connectivity index (χ0) is 9.94. The van der Waals surface area contributed by atoms with Crippen LogP contribution in [0.1, 0.15) is 25.7 Å². The SMILES string of the molecule is CSCCCC(=O)NCCCCN. The number of thioether (sulfide) groups is 1. The second-order valence-electron chi connectivity index (χ2n) is 2.94. The normalized spacial score (nSPS) is 10.0. The van der Waals surface area contributed by atoms with E-state index in [1.54, 1.807) is 11.8 Å². The van der Waals surface area contributed by atoms with E-state index >= 15 is 0 Å². The first-order chi connectivity index (χ1) is 6.31. The number of rotatable bonds is 8. The summed E-state index contributed by atoms with van der Waals surface area (Å²) in [5, 5.41) is 2.87. The smallest absolute Gasteiger partial charge is 0.220 e. The summed E-state index contributed by atoms with van der Waals surface area (Å²) in [7, 11) is 0. The van der Waals surface area contributed by atoms with Gasteiger partial charge in [0.25, 0.3) is 0 Å². The molecule has 0 rings (SSSR count). The van der Waals surface area contributed by atoms with Crippen LogP contribution in [-0.4, -0.2) is 31.0 Å². The van der Waals surface area contributed by atoms with Crippen LogP contribution in [0.5, 0.6) is 0 Å². The van der Waals surface area contributed by atoms with E-state index in [4.69, 9.17) is 5.73 Å². The number of nitrogens with two attached hydrogens (primary N) is 1. The molecule has 3 N–H and O–H groups in total. The summed E-state index contributed by atoms with van der Waals surface area (Å²) in [5.74, 6) is 1.24. The summed E-state index contributed by atoms with van der Waals surface area (Å²) < 4.78 is 0. The van der Waals surface area contributed by atoms with E-state index in [-0.39, 0.29) is 5.91 Å². The Hall–Kier alpha value is -0.220. The molecule has 78 valence electrons. The van der Waals surface area contributed by atoms with E-state index in [1.807, 2.05) is 0 Å². The van der Waals surface area contributed by atoms with Gasteiger partial charge in [-0.05, 0) is 37.8 Å². The lowest BCUT2D eigenvalue weighted by Gasteiger charge is -2.03. The van der Waals surface area contributed by atoms with Gasteiger partial charge in [-0.1, -0.05) is 0 Å². The summed E-state index contributed by atoms with van der Waals surface area (Å²) in [5.41, 5.74) is 5.33. The second kappa shape index (κ2) is 9.86. The highest BCUT2D eigenvalue weighted by Crippen LogP contribution is 1.98. The molecular weight excluding hydrogens is 184 g/mol. The lowest BCUT2D eigenvalue weighted by molar-refractivity contribution is -0.121. The van der Waals surface area contributed by atoms with Crippen LogP contribution in [0.2, 0.25) is 0 Å². The quantitative estimate of drug-likeness (QED) is 0.580. The Morgan fingerprint density at radius 1 is 1.38 bits per heavy atom. The third-order valence-electron chi connectivity index (χ3n) is 1.71. The van der Waals surface area contributed by atoms with Gasteiger partial charge in [0.1, 0.15) is 0 Å². The molecule has 13 heavy (non-hydrogen) atoms. The van der Waals surface area contributed by atoms with Crippen molar-refractivity contribution in [2.24, 2.45) is 5.73 Å². The molecule has 0 aromatic rings. The third kappa shape index (κ3) is 9.70. The van der Waals surface area contributed by atoms with Gasteiger partial charge >= 0.3 is 0 Å². The summed E-state index contributed by atoms with van der Waals surface area (Å²) in [4.78, 5) is 11.1. The molecule has 0 aliphatic rings. The minimum absolute atomic E-state index is 0.172. The molecule has 0 aromatic carbocycles. The van der Waals surface area contributed by atoms with E-state index < -0.39 is 0 Å². The number of hydrogen-bond acceptors (Lipinski definition) is 3. The molecule has 3 nitrogen and oxygen atoms in total. The number of hydrogen-bond donors (Lipinski definition) is 2. The number of carbonyl (C=O) groups excluding carboxylic acids is 1. The van der Waals surface area contributed by atoms with Crippen LogP contribution in [0.3, 0.4) is 0 Å². The van der Waals surface area contributed by atoms with Gasteiger partial charge in [0.05, 0.1) is 0 Å². The molecular formula is C9H20N2OS. The third-order valence-corrected chi connectivity index (χ3v) is 2.40. The van der Waals surface area contributed by atoms with E-state index in [1.165, 1.54) is 0 Å². The van der Waals surface area contributed by atoms with Crippen LogP contribution >= 0.6 is 11.8 Å². The molecule has 4 heteroatoms. The Bertz CT molecular complexity index is 131. The maximum atomic E-state index is 11.1. The van der Waals surface area contributed by atoms with Gasteiger partial charge in [-0.2, -0.15) is 11.8 Å². The van der Waals surface area contributed by atoms with Crippen molar-refractivity contribution in [3.63, 3.8) is 0 Å². The fourth-order valence-electron chi connectivity index (χ4n) is 0.963. The Morgan fingerprint density at radius 3 is 2.77 bits per heavy atom. The average Bonchev–Trinajstić information content (AvgIpc) is 2.13. The van der Waals surface area contributed by atoms with Crippen LogP contribution < -0.4 is 11.1 Å². The molecule has 0 aliphatic carbocycles. The number of carbonyl (C=O) groups is 1. The van der Waals surface area contributed by atoms with Crippen molar-refractivity contribution in [1.29, 1.82) is 0 Å². The standard InChI is InChI=1S/C9H20N2OS/c1-13-8-4-5-9(12)11-7-3-2-6-10/h2-8,10H2,1H3,(H,11,12).